The van der Waals surface area contributed by atoms with Crippen LogP contribution in [0.2, 0.25) is 0 Å². The predicted octanol–water partition coefficient (Wildman–Crippen LogP) is 1.65. The molecule has 15 heavy (non-hydrogen) atoms. The Morgan fingerprint density at radius 1 is 1.13 bits per heavy atom. The van der Waals surface area contributed by atoms with Gasteiger partial charge in [-0.15, -0.1) is 0 Å². The Balaban J connectivity index is 2.85. The largest absolute Gasteiger partial charge is 0.313 e. The standard InChI is InChI=1S/C10H15NO3S/c1-3-11(4-2)14-15(12,13)10-8-6-5-7-9-10/h5-9H,3-4H2,1-2H3. The van der Waals surface area contributed by atoms with Crippen LogP contribution >= 0.6 is 0 Å². The smallest absolute Gasteiger partial charge is 0.192 e. The molecule has 0 saturated carbocycles. The highest BCUT2D eigenvalue weighted by atomic mass is 32.2. The van der Waals surface area contributed by atoms with E-state index in [1.807, 2.05) is 13.8 Å². The molecule has 4 nitrogen and oxygen atoms in total. The van der Waals surface area contributed by atoms with Crippen LogP contribution in [0.25, 0.3) is 0 Å². The minimum absolute atomic E-state index is 0.178. The maximum absolute atomic E-state index is 11.7. The Kier molecular flexibility index (Phi) is 4.26. The van der Waals surface area contributed by atoms with Crippen molar-refractivity contribution in [3.05, 3.63) is 30.3 Å². The molecule has 0 heterocycles. The van der Waals surface area contributed by atoms with E-state index in [4.69, 9.17) is 4.28 Å². The number of hydrogen-bond donors (Lipinski definition) is 0. The van der Waals surface area contributed by atoms with E-state index in [0.717, 1.165) is 0 Å². The first kappa shape index (κ1) is 12.2. The van der Waals surface area contributed by atoms with E-state index in [-0.39, 0.29) is 4.90 Å². The maximum Gasteiger partial charge on any atom is 0.313 e. The Hall–Kier alpha value is -0.910. The van der Waals surface area contributed by atoms with E-state index in [2.05, 4.69) is 0 Å². The zero-order valence-electron chi connectivity index (χ0n) is 8.88. The highest BCUT2D eigenvalue weighted by Gasteiger charge is 2.17. The lowest BCUT2D eigenvalue weighted by molar-refractivity contribution is -0.0413. The Bertz CT molecular complexity index is 384. The van der Waals surface area contributed by atoms with Gasteiger partial charge in [0, 0.05) is 13.1 Å². The summed E-state index contributed by atoms with van der Waals surface area (Å²) in [7, 11) is -3.66. The van der Waals surface area contributed by atoms with Crippen molar-refractivity contribution in [2.75, 3.05) is 13.1 Å². The molecule has 5 heteroatoms. The van der Waals surface area contributed by atoms with Gasteiger partial charge in [0.05, 0.1) is 4.90 Å². The van der Waals surface area contributed by atoms with Gasteiger partial charge in [0.1, 0.15) is 0 Å². The third kappa shape index (κ3) is 3.30. The number of hydroxylamine groups is 2. The highest BCUT2D eigenvalue weighted by Crippen LogP contribution is 2.12. The summed E-state index contributed by atoms with van der Waals surface area (Å²) in [5.41, 5.74) is 0. The van der Waals surface area contributed by atoms with Gasteiger partial charge in [-0.3, -0.25) is 0 Å². The zero-order chi connectivity index (χ0) is 11.3. The minimum Gasteiger partial charge on any atom is -0.192 e. The number of nitrogens with zero attached hydrogens (tertiary/aromatic N) is 1. The molecule has 0 atom stereocenters. The molecule has 84 valence electrons. The van der Waals surface area contributed by atoms with Crippen LogP contribution in [0.3, 0.4) is 0 Å². The molecule has 0 radical (unpaired) electrons. The summed E-state index contributed by atoms with van der Waals surface area (Å²) in [6.07, 6.45) is 0. The highest BCUT2D eigenvalue weighted by molar-refractivity contribution is 7.86. The summed E-state index contributed by atoms with van der Waals surface area (Å²) in [5, 5.41) is 1.39. The van der Waals surface area contributed by atoms with Crippen LogP contribution in [0.15, 0.2) is 35.2 Å². The molecule has 0 amide bonds. The number of rotatable bonds is 5. The molecule has 1 aromatic rings. The summed E-state index contributed by atoms with van der Waals surface area (Å²) in [4.78, 5) is 0.178. The van der Waals surface area contributed by atoms with Crippen molar-refractivity contribution in [1.82, 2.24) is 5.06 Å². The van der Waals surface area contributed by atoms with Crippen molar-refractivity contribution in [1.29, 1.82) is 0 Å². The van der Waals surface area contributed by atoms with E-state index < -0.39 is 10.1 Å². The summed E-state index contributed by atoms with van der Waals surface area (Å²) >= 11 is 0. The lowest BCUT2D eigenvalue weighted by atomic mass is 10.4. The average molecular weight is 229 g/mol. The SMILES string of the molecule is CCN(CC)OS(=O)(=O)c1ccccc1. The van der Waals surface area contributed by atoms with Crippen LogP contribution in [0.5, 0.6) is 0 Å². The lowest BCUT2D eigenvalue weighted by Gasteiger charge is -2.16. The Labute approximate surface area is 90.6 Å². The van der Waals surface area contributed by atoms with Crippen molar-refractivity contribution in [2.45, 2.75) is 18.7 Å². The number of hydrogen-bond acceptors (Lipinski definition) is 4. The van der Waals surface area contributed by atoms with Gasteiger partial charge in [-0.05, 0) is 12.1 Å². The molecule has 1 rings (SSSR count). The van der Waals surface area contributed by atoms with Gasteiger partial charge in [-0.25, -0.2) is 0 Å². The van der Waals surface area contributed by atoms with E-state index in [1.165, 1.54) is 17.2 Å². The van der Waals surface area contributed by atoms with Crippen molar-refractivity contribution in [3.63, 3.8) is 0 Å². The normalized spacial score (nSPS) is 11.9. The van der Waals surface area contributed by atoms with E-state index in [9.17, 15) is 8.42 Å². The zero-order valence-corrected chi connectivity index (χ0v) is 9.70. The Morgan fingerprint density at radius 2 is 1.67 bits per heavy atom. The first-order valence-electron chi connectivity index (χ1n) is 4.84. The molecular weight excluding hydrogens is 214 g/mol. The monoisotopic (exact) mass is 229 g/mol. The average Bonchev–Trinajstić information content (AvgIpc) is 2.27. The van der Waals surface area contributed by atoms with Crippen LogP contribution in [-0.4, -0.2) is 26.6 Å². The summed E-state index contributed by atoms with van der Waals surface area (Å²) in [6, 6.07) is 8.12. The summed E-state index contributed by atoms with van der Waals surface area (Å²) in [6.45, 7) is 4.74. The third-order valence-electron chi connectivity index (χ3n) is 1.94. The molecule has 0 aliphatic rings. The molecule has 0 N–H and O–H groups in total. The second kappa shape index (κ2) is 5.25. The topological polar surface area (TPSA) is 46.6 Å². The van der Waals surface area contributed by atoms with Gasteiger partial charge in [0.15, 0.2) is 0 Å². The van der Waals surface area contributed by atoms with Crippen molar-refractivity contribution in [2.24, 2.45) is 0 Å². The van der Waals surface area contributed by atoms with Crippen LogP contribution in [0.4, 0.5) is 0 Å². The second-order valence-corrected chi connectivity index (χ2v) is 4.48. The molecule has 0 spiro atoms. The van der Waals surface area contributed by atoms with Gasteiger partial charge >= 0.3 is 10.1 Å². The van der Waals surface area contributed by atoms with Crippen LogP contribution in [0.1, 0.15) is 13.8 Å². The maximum atomic E-state index is 11.7. The molecule has 0 aromatic heterocycles. The molecule has 0 unspecified atom stereocenters. The lowest BCUT2D eigenvalue weighted by Crippen LogP contribution is -2.27. The van der Waals surface area contributed by atoms with Crippen molar-refractivity contribution in [3.8, 4) is 0 Å². The van der Waals surface area contributed by atoms with Crippen LogP contribution < -0.4 is 0 Å². The molecule has 0 bridgehead atoms. The van der Waals surface area contributed by atoms with Crippen LogP contribution in [0, 0.1) is 0 Å². The fourth-order valence-corrected chi connectivity index (χ4v) is 2.16. The van der Waals surface area contributed by atoms with Gasteiger partial charge in [0.2, 0.25) is 0 Å². The van der Waals surface area contributed by atoms with Gasteiger partial charge in [-0.2, -0.15) is 17.8 Å². The van der Waals surface area contributed by atoms with Gasteiger partial charge < -0.3 is 0 Å². The summed E-state index contributed by atoms with van der Waals surface area (Å²) in [5.74, 6) is 0. The van der Waals surface area contributed by atoms with E-state index in [1.54, 1.807) is 18.2 Å². The minimum atomic E-state index is -3.66. The van der Waals surface area contributed by atoms with Crippen molar-refractivity contribution < 1.29 is 12.7 Å². The Morgan fingerprint density at radius 3 is 2.13 bits per heavy atom. The molecule has 0 aliphatic carbocycles. The van der Waals surface area contributed by atoms with Crippen molar-refractivity contribution >= 4 is 10.1 Å². The first-order valence-corrected chi connectivity index (χ1v) is 6.25. The summed E-state index contributed by atoms with van der Waals surface area (Å²) < 4.78 is 28.3. The van der Waals surface area contributed by atoms with E-state index >= 15 is 0 Å². The quantitative estimate of drug-likeness (QED) is 0.720. The molecule has 0 aliphatic heterocycles. The van der Waals surface area contributed by atoms with Gasteiger partial charge in [-0.1, -0.05) is 32.0 Å². The second-order valence-electron chi connectivity index (χ2n) is 2.96. The molecular formula is C10H15NO3S. The molecule has 0 fully saturated rings. The van der Waals surface area contributed by atoms with Gasteiger partial charge in [0.25, 0.3) is 0 Å². The van der Waals surface area contributed by atoms with E-state index in [0.29, 0.717) is 13.1 Å². The predicted molar refractivity (Wildman–Crippen MR) is 57.6 cm³/mol. The molecule has 0 saturated heterocycles. The first-order chi connectivity index (χ1) is 7.10. The molecule has 1 aromatic carbocycles. The third-order valence-corrected chi connectivity index (χ3v) is 3.20. The fourth-order valence-electron chi connectivity index (χ4n) is 1.10. The van der Waals surface area contributed by atoms with Crippen LogP contribution in [-0.2, 0) is 14.4 Å². The fraction of sp³-hybridized carbons (Fsp3) is 0.400. The number of benzene rings is 1.